The van der Waals surface area contributed by atoms with Gasteiger partial charge >= 0.3 is 6.09 Å². The minimum atomic E-state index is -0.321. The summed E-state index contributed by atoms with van der Waals surface area (Å²) in [5.74, 6) is 0. The van der Waals surface area contributed by atoms with Crippen LogP contribution < -0.4 is 10.2 Å². The Morgan fingerprint density at radius 3 is 2.43 bits per heavy atom. The second kappa shape index (κ2) is 6.05. The highest BCUT2D eigenvalue weighted by Crippen LogP contribution is 2.40. The molecule has 1 saturated heterocycles. The van der Waals surface area contributed by atoms with Gasteiger partial charge in [-0.15, -0.1) is 0 Å². The molecule has 2 aliphatic heterocycles. The highest BCUT2D eigenvalue weighted by Gasteiger charge is 2.37. The number of nitrogens with one attached hydrogen (secondary N) is 1. The van der Waals surface area contributed by atoms with Crippen LogP contribution in [0.15, 0.2) is 54.6 Å². The van der Waals surface area contributed by atoms with Crippen LogP contribution >= 0.6 is 0 Å². The Morgan fingerprint density at radius 2 is 1.65 bits per heavy atom. The maximum Gasteiger partial charge on any atom is 0.415 e. The first-order chi connectivity index (χ1) is 11.3. The van der Waals surface area contributed by atoms with Crippen LogP contribution in [0.4, 0.5) is 10.5 Å². The molecule has 2 aromatic carbocycles. The number of rotatable bonds is 2. The van der Waals surface area contributed by atoms with Gasteiger partial charge in [0.15, 0.2) is 6.10 Å². The molecule has 4 heteroatoms. The van der Waals surface area contributed by atoms with Gasteiger partial charge in [0, 0.05) is 11.6 Å². The van der Waals surface area contributed by atoms with Crippen molar-refractivity contribution in [2.75, 3.05) is 18.0 Å². The third-order valence-electron chi connectivity index (χ3n) is 4.67. The quantitative estimate of drug-likeness (QED) is 0.923. The van der Waals surface area contributed by atoms with E-state index in [4.69, 9.17) is 4.74 Å². The number of amides is 1. The van der Waals surface area contributed by atoms with E-state index in [1.807, 2.05) is 53.4 Å². The molecule has 2 aromatic rings. The molecule has 2 aliphatic rings. The summed E-state index contributed by atoms with van der Waals surface area (Å²) in [6, 6.07) is 18.3. The molecule has 0 spiro atoms. The highest BCUT2D eigenvalue weighted by atomic mass is 16.6. The second-order valence-electron chi connectivity index (χ2n) is 6.08. The molecular formula is C19H20N2O2. The lowest BCUT2D eigenvalue weighted by atomic mass is 9.95. The van der Waals surface area contributed by atoms with Crippen LogP contribution in [-0.2, 0) is 4.74 Å². The lowest BCUT2D eigenvalue weighted by Crippen LogP contribution is -2.49. The molecule has 1 unspecified atom stereocenters. The second-order valence-corrected chi connectivity index (χ2v) is 6.08. The van der Waals surface area contributed by atoms with Crippen LogP contribution in [0.1, 0.15) is 30.1 Å². The number of piperidine rings is 1. The Hall–Kier alpha value is -2.33. The van der Waals surface area contributed by atoms with Gasteiger partial charge in [0.05, 0.1) is 5.69 Å². The number of cyclic esters (lactones) is 1. The zero-order chi connectivity index (χ0) is 15.6. The number of ether oxygens (including phenoxy) is 1. The maximum absolute atomic E-state index is 12.7. The van der Waals surface area contributed by atoms with Gasteiger partial charge in [-0.05, 0) is 37.6 Å². The number of para-hydroxylation sites is 1. The summed E-state index contributed by atoms with van der Waals surface area (Å²) in [7, 11) is 0. The molecule has 0 saturated carbocycles. The van der Waals surface area contributed by atoms with E-state index in [1.165, 1.54) is 0 Å². The van der Waals surface area contributed by atoms with Crippen molar-refractivity contribution < 1.29 is 9.53 Å². The lowest BCUT2D eigenvalue weighted by molar-refractivity contribution is 0.113. The van der Waals surface area contributed by atoms with Gasteiger partial charge in [0.2, 0.25) is 0 Å². The summed E-state index contributed by atoms with van der Waals surface area (Å²) in [5, 5.41) is 3.35. The number of carbonyl (C=O) groups excluding carboxylic acids is 1. The first-order valence-electron chi connectivity index (χ1n) is 8.19. The summed E-state index contributed by atoms with van der Waals surface area (Å²) < 4.78 is 5.83. The van der Waals surface area contributed by atoms with E-state index in [-0.39, 0.29) is 18.2 Å². The Balaban J connectivity index is 1.75. The standard InChI is InChI=1S/C19H20N2O2/c22-19-21(15-10-12-20-13-11-15)17-9-5-4-8-16(17)18(23-19)14-6-2-1-3-7-14/h1-9,15,18,20H,10-13H2. The Bertz CT molecular complexity index is 696. The van der Waals surface area contributed by atoms with Gasteiger partial charge in [0.25, 0.3) is 0 Å². The lowest BCUT2D eigenvalue weighted by Gasteiger charge is -2.40. The molecule has 0 bridgehead atoms. The molecule has 1 N–H and O–H groups in total. The fraction of sp³-hybridized carbons (Fsp3) is 0.316. The average molecular weight is 308 g/mol. The monoisotopic (exact) mass is 308 g/mol. The smallest absolute Gasteiger partial charge is 0.415 e. The van der Waals surface area contributed by atoms with E-state index in [9.17, 15) is 4.79 Å². The Kier molecular flexibility index (Phi) is 3.75. The molecule has 4 nitrogen and oxygen atoms in total. The van der Waals surface area contributed by atoms with Crippen molar-refractivity contribution in [3.63, 3.8) is 0 Å². The highest BCUT2D eigenvalue weighted by molar-refractivity contribution is 5.92. The largest absolute Gasteiger partial charge is 0.436 e. The Labute approximate surface area is 136 Å². The molecule has 4 rings (SSSR count). The van der Waals surface area contributed by atoms with Gasteiger partial charge in [-0.1, -0.05) is 48.5 Å². The fourth-order valence-corrected chi connectivity index (χ4v) is 3.53. The number of hydrogen-bond acceptors (Lipinski definition) is 3. The zero-order valence-corrected chi connectivity index (χ0v) is 12.9. The summed E-state index contributed by atoms with van der Waals surface area (Å²) in [6.07, 6.45) is 1.36. The minimum absolute atomic E-state index is 0.210. The summed E-state index contributed by atoms with van der Waals surface area (Å²) in [4.78, 5) is 14.6. The molecule has 0 aliphatic carbocycles. The minimum Gasteiger partial charge on any atom is -0.436 e. The number of nitrogens with zero attached hydrogens (tertiary/aromatic N) is 1. The normalized spacial score (nSPS) is 21.7. The van der Waals surface area contributed by atoms with Crippen LogP contribution in [0, 0.1) is 0 Å². The molecule has 118 valence electrons. The number of carbonyl (C=O) groups is 1. The molecule has 1 fully saturated rings. The molecule has 2 heterocycles. The van der Waals surface area contributed by atoms with Crippen LogP contribution in [0.5, 0.6) is 0 Å². The van der Waals surface area contributed by atoms with Crippen LogP contribution in [0.3, 0.4) is 0 Å². The van der Waals surface area contributed by atoms with Gasteiger partial charge < -0.3 is 10.1 Å². The van der Waals surface area contributed by atoms with E-state index >= 15 is 0 Å². The summed E-state index contributed by atoms with van der Waals surface area (Å²) in [6.45, 7) is 1.89. The maximum atomic E-state index is 12.7. The molecule has 0 aromatic heterocycles. The summed E-state index contributed by atoms with van der Waals surface area (Å²) >= 11 is 0. The van der Waals surface area contributed by atoms with E-state index in [1.54, 1.807) is 0 Å². The third kappa shape index (κ3) is 2.59. The number of fused-ring (bicyclic) bond motifs is 1. The van der Waals surface area contributed by atoms with Crippen molar-refractivity contribution in [1.82, 2.24) is 5.32 Å². The van der Waals surface area contributed by atoms with Crippen molar-refractivity contribution in [2.24, 2.45) is 0 Å². The van der Waals surface area contributed by atoms with Gasteiger partial charge in [-0.25, -0.2) is 4.79 Å². The molecule has 0 radical (unpaired) electrons. The third-order valence-corrected chi connectivity index (χ3v) is 4.67. The average Bonchev–Trinajstić information content (AvgIpc) is 2.62. The van der Waals surface area contributed by atoms with E-state index in [0.29, 0.717) is 0 Å². The number of hydrogen-bond donors (Lipinski definition) is 1. The predicted molar refractivity (Wildman–Crippen MR) is 89.6 cm³/mol. The van der Waals surface area contributed by atoms with Crippen LogP contribution in [-0.4, -0.2) is 25.2 Å². The van der Waals surface area contributed by atoms with Gasteiger partial charge in [-0.3, -0.25) is 4.90 Å². The molecular weight excluding hydrogens is 288 g/mol. The van der Waals surface area contributed by atoms with Gasteiger partial charge in [0.1, 0.15) is 0 Å². The predicted octanol–water partition coefficient (Wildman–Crippen LogP) is 3.48. The Morgan fingerprint density at radius 1 is 0.957 bits per heavy atom. The van der Waals surface area contributed by atoms with Gasteiger partial charge in [-0.2, -0.15) is 0 Å². The van der Waals surface area contributed by atoms with Crippen molar-refractivity contribution in [3.8, 4) is 0 Å². The van der Waals surface area contributed by atoms with Crippen molar-refractivity contribution >= 4 is 11.8 Å². The van der Waals surface area contributed by atoms with Crippen molar-refractivity contribution in [2.45, 2.75) is 25.0 Å². The van der Waals surface area contributed by atoms with Crippen LogP contribution in [0.2, 0.25) is 0 Å². The first-order valence-corrected chi connectivity index (χ1v) is 8.19. The number of benzene rings is 2. The van der Waals surface area contributed by atoms with Crippen molar-refractivity contribution in [1.29, 1.82) is 0 Å². The fourth-order valence-electron chi connectivity index (χ4n) is 3.53. The molecule has 1 atom stereocenters. The topological polar surface area (TPSA) is 41.6 Å². The SMILES string of the molecule is O=C1OC(c2ccccc2)c2ccccc2N1C1CCNCC1. The zero-order valence-electron chi connectivity index (χ0n) is 12.9. The molecule has 1 amide bonds. The van der Waals surface area contributed by atoms with E-state index in [0.717, 1.165) is 42.7 Å². The number of anilines is 1. The summed E-state index contributed by atoms with van der Waals surface area (Å²) in [5.41, 5.74) is 3.07. The van der Waals surface area contributed by atoms with E-state index < -0.39 is 0 Å². The van der Waals surface area contributed by atoms with Crippen molar-refractivity contribution in [3.05, 3.63) is 65.7 Å². The van der Waals surface area contributed by atoms with Crippen LogP contribution in [0.25, 0.3) is 0 Å². The van der Waals surface area contributed by atoms with E-state index in [2.05, 4.69) is 11.4 Å². The molecule has 23 heavy (non-hydrogen) atoms. The first kappa shape index (κ1) is 14.3.